The van der Waals surface area contributed by atoms with Crippen molar-refractivity contribution in [3.63, 3.8) is 0 Å². The molecule has 4 aromatic rings. The summed E-state index contributed by atoms with van der Waals surface area (Å²) in [5.41, 5.74) is 2.57. The zero-order chi connectivity index (χ0) is 19.5. The van der Waals surface area contributed by atoms with E-state index in [0.717, 1.165) is 11.4 Å². The number of imidazole rings is 1. The van der Waals surface area contributed by atoms with Crippen LogP contribution < -0.4 is 10.1 Å². The Labute approximate surface area is 167 Å². The van der Waals surface area contributed by atoms with E-state index >= 15 is 0 Å². The summed E-state index contributed by atoms with van der Waals surface area (Å²) in [5, 5.41) is 3.51. The number of aryl methyl sites for hydroxylation is 1. The van der Waals surface area contributed by atoms with E-state index in [2.05, 4.69) is 10.3 Å². The van der Waals surface area contributed by atoms with Gasteiger partial charge in [-0.3, -0.25) is 9.20 Å². The Balaban J connectivity index is 1.55. The molecule has 0 fully saturated rings. The summed E-state index contributed by atoms with van der Waals surface area (Å²) in [4.78, 5) is 17.4. The van der Waals surface area contributed by atoms with E-state index in [1.54, 1.807) is 22.7 Å². The number of carbonyl (C=O) groups is 1. The highest BCUT2D eigenvalue weighted by atomic mass is 35.5. The first kappa shape index (κ1) is 18.1. The van der Waals surface area contributed by atoms with Crippen molar-refractivity contribution in [3.8, 4) is 11.5 Å². The third-order valence-electron chi connectivity index (χ3n) is 4.30. The van der Waals surface area contributed by atoms with Crippen molar-refractivity contribution in [1.29, 1.82) is 0 Å². The lowest BCUT2D eigenvalue weighted by Gasteiger charge is -2.09. The van der Waals surface area contributed by atoms with Gasteiger partial charge < -0.3 is 10.1 Å². The molecule has 0 spiro atoms. The highest BCUT2D eigenvalue weighted by Crippen LogP contribution is 2.24. The van der Waals surface area contributed by atoms with E-state index < -0.39 is 0 Å². The van der Waals surface area contributed by atoms with Gasteiger partial charge in [-0.05, 0) is 48.9 Å². The van der Waals surface area contributed by atoms with E-state index in [1.807, 2.05) is 61.5 Å². The number of benzene rings is 2. The molecule has 0 aliphatic rings. The molecule has 140 valence electrons. The van der Waals surface area contributed by atoms with Crippen molar-refractivity contribution >= 4 is 28.8 Å². The molecule has 2 heterocycles. The van der Waals surface area contributed by atoms with Gasteiger partial charge in [0.05, 0.1) is 5.69 Å². The first-order chi connectivity index (χ1) is 13.6. The van der Waals surface area contributed by atoms with Crippen LogP contribution in [0.4, 0.5) is 5.69 Å². The van der Waals surface area contributed by atoms with Crippen molar-refractivity contribution in [2.75, 3.05) is 5.32 Å². The fourth-order valence-electron chi connectivity index (χ4n) is 2.98. The van der Waals surface area contributed by atoms with Crippen LogP contribution in [0, 0.1) is 0 Å². The lowest BCUT2D eigenvalue weighted by Crippen LogP contribution is -2.16. The Bertz CT molecular complexity index is 1120. The molecule has 28 heavy (non-hydrogen) atoms. The van der Waals surface area contributed by atoms with Crippen LogP contribution in [0.5, 0.6) is 11.5 Å². The molecule has 0 saturated heterocycles. The number of aromatic nitrogens is 2. The molecule has 0 aliphatic heterocycles. The maximum Gasteiger partial charge on any atom is 0.274 e. The summed E-state index contributed by atoms with van der Waals surface area (Å²) in [6.07, 6.45) is 2.40. The summed E-state index contributed by atoms with van der Waals surface area (Å²) in [7, 11) is 0. The minimum Gasteiger partial charge on any atom is -0.457 e. The molecule has 0 saturated carbocycles. The topological polar surface area (TPSA) is 55.6 Å². The normalized spacial score (nSPS) is 10.8. The largest absolute Gasteiger partial charge is 0.457 e. The van der Waals surface area contributed by atoms with Crippen molar-refractivity contribution in [1.82, 2.24) is 9.38 Å². The molecule has 0 atom stereocenters. The van der Waals surface area contributed by atoms with Gasteiger partial charge in [0.2, 0.25) is 0 Å². The molecule has 6 heteroatoms. The number of nitrogens with one attached hydrogen (secondary N) is 1. The average Bonchev–Trinajstić information content (AvgIpc) is 3.08. The van der Waals surface area contributed by atoms with Crippen LogP contribution >= 0.6 is 11.6 Å². The molecular weight excluding hydrogens is 374 g/mol. The minimum atomic E-state index is -0.219. The summed E-state index contributed by atoms with van der Waals surface area (Å²) in [5.74, 6) is 1.24. The fraction of sp³-hybridized carbons (Fsp3) is 0.0909. The number of halogens is 1. The first-order valence-corrected chi connectivity index (χ1v) is 9.32. The van der Waals surface area contributed by atoms with Gasteiger partial charge in [0.15, 0.2) is 0 Å². The molecule has 0 bridgehead atoms. The first-order valence-electron chi connectivity index (χ1n) is 8.95. The second-order valence-electron chi connectivity index (χ2n) is 6.23. The van der Waals surface area contributed by atoms with Crippen LogP contribution in [0.25, 0.3) is 5.65 Å². The Kier molecular flexibility index (Phi) is 5.00. The van der Waals surface area contributed by atoms with Crippen LogP contribution in [-0.4, -0.2) is 15.3 Å². The third-order valence-corrected chi connectivity index (χ3v) is 4.54. The maximum absolute atomic E-state index is 12.9. The van der Waals surface area contributed by atoms with Crippen LogP contribution in [0.15, 0.2) is 72.9 Å². The number of anilines is 1. The number of carbonyl (C=O) groups excluding carboxylic acids is 1. The quantitative estimate of drug-likeness (QED) is 0.482. The Morgan fingerprint density at radius 1 is 1.07 bits per heavy atom. The predicted octanol–water partition coefficient (Wildman–Crippen LogP) is 5.59. The molecule has 0 radical (unpaired) electrons. The van der Waals surface area contributed by atoms with Crippen molar-refractivity contribution in [3.05, 3.63) is 89.3 Å². The Hall–Kier alpha value is -3.31. The molecule has 2 aromatic carbocycles. The number of amides is 1. The monoisotopic (exact) mass is 391 g/mol. The Morgan fingerprint density at radius 3 is 2.50 bits per heavy atom. The van der Waals surface area contributed by atoms with E-state index in [4.69, 9.17) is 16.3 Å². The van der Waals surface area contributed by atoms with E-state index in [0.29, 0.717) is 34.2 Å². The molecule has 5 nitrogen and oxygen atoms in total. The number of fused-ring (bicyclic) bond motifs is 1. The summed E-state index contributed by atoms with van der Waals surface area (Å²) < 4.78 is 7.53. The van der Waals surface area contributed by atoms with E-state index in [-0.39, 0.29) is 5.91 Å². The number of nitrogens with zero attached hydrogens (tertiary/aromatic N) is 2. The zero-order valence-corrected chi connectivity index (χ0v) is 16.0. The van der Waals surface area contributed by atoms with Gasteiger partial charge in [-0.25, -0.2) is 4.98 Å². The Morgan fingerprint density at radius 2 is 1.79 bits per heavy atom. The molecular formula is C22H18ClN3O2. The van der Waals surface area contributed by atoms with Crippen molar-refractivity contribution in [2.45, 2.75) is 13.3 Å². The number of hydrogen-bond acceptors (Lipinski definition) is 3. The third kappa shape index (κ3) is 3.70. The minimum absolute atomic E-state index is 0.219. The number of hydrogen-bond donors (Lipinski definition) is 1. The second kappa shape index (κ2) is 7.74. The highest BCUT2D eigenvalue weighted by Gasteiger charge is 2.18. The van der Waals surface area contributed by atoms with Gasteiger partial charge in [-0.2, -0.15) is 0 Å². The summed E-state index contributed by atoms with van der Waals surface area (Å²) >= 11 is 6.04. The lowest BCUT2D eigenvalue weighted by atomic mass is 10.2. The van der Waals surface area contributed by atoms with E-state index in [9.17, 15) is 4.79 Å². The van der Waals surface area contributed by atoms with Gasteiger partial charge in [-0.15, -0.1) is 0 Å². The standard InChI is InChI=1S/C22H18ClN3O2/c1-2-19-21(26-13-12-15(23)14-20(26)25-19)22(27)24-16-8-10-18(11-9-16)28-17-6-4-3-5-7-17/h3-14H,2H2,1H3,(H,24,27). The van der Waals surface area contributed by atoms with Crippen LogP contribution in [0.1, 0.15) is 23.1 Å². The number of para-hydroxylation sites is 1. The van der Waals surface area contributed by atoms with Gasteiger partial charge >= 0.3 is 0 Å². The number of rotatable bonds is 5. The second-order valence-corrected chi connectivity index (χ2v) is 6.66. The van der Waals surface area contributed by atoms with Gasteiger partial charge in [0, 0.05) is 23.0 Å². The van der Waals surface area contributed by atoms with Gasteiger partial charge in [-0.1, -0.05) is 36.7 Å². The molecule has 0 unspecified atom stereocenters. The summed E-state index contributed by atoms with van der Waals surface area (Å²) in [6.45, 7) is 1.97. The fourth-order valence-corrected chi connectivity index (χ4v) is 3.13. The van der Waals surface area contributed by atoms with Crippen molar-refractivity contribution in [2.24, 2.45) is 0 Å². The van der Waals surface area contributed by atoms with Gasteiger partial charge in [0.25, 0.3) is 5.91 Å². The zero-order valence-electron chi connectivity index (χ0n) is 15.2. The lowest BCUT2D eigenvalue weighted by molar-refractivity contribution is 0.102. The SMILES string of the molecule is CCc1nc2cc(Cl)ccn2c1C(=O)Nc1ccc(Oc2ccccc2)cc1. The molecule has 1 N–H and O–H groups in total. The van der Waals surface area contributed by atoms with Gasteiger partial charge in [0.1, 0.15) is 22.8 Å². The number of ether oxygens (including phenoxy) is 1. The molecule has 1 amide bonds. The average molecular weight is 392 g/mol. The van der Waals surface area contributed by atoms with Crippen molar-refractivity contribution < 1.29 is 9.53 Å². The molecule has 2 aromatic heterocycles. The van der Waals surface area contributed by atoms with Crippen LogP contribution in [0.2, 0.25) is 5.02 Å². The number of pyridine rings is 1. The highest BCUT2D eigenvalue weighted by molar-refractivity contribution is 6.30. The predicted molar refractivity (Wildman–Crippen MR) is 110 cm³/mol. The van der Waals surface area contributed by atoms with Crippen LogP contribution in [0.3, 0.4) is 0 Å². The maximum atomic E-state index is 12.9. The molecule has 4 rings (SSSR count). The smallest absolute Gasteiger partial charge is 0.274 e. The van der Waals surface area contributed by atoms with E-state index in [1.165, 1.54) is 0 Å². The van der Waals surface area contributed by atoms with Crippen LogP contribution in [-0.2, 0) is 6.42 Å². The summed E-state index contributed by atoms with van der Waals surface area (Å²) in [6, 6.07) is 20.3. The molecule has 0 aliphatic carbocycles.